The van der Waals surface area contributed by atoms with Crippen molar-refractivity contribution in [3.63, 3.8) is 0 Å². The normalized spacial score (nSPS) is 17.3. The summed E-state index contributed by atoms with van der Waals surface area (Å²) in [6, 6.07) is 12.6. The number of carbonyl (C=O) groups is 2. The number of thiophene rings is 1. The van der Waals surface area contributed by atoms with Gasteiger partial charge in [0, 0.05) is 23.6 Å². The van der Waals surface area contributed by atoms with Crippen LogP contribution in [0, 0.1) is 0 Å². The molecular weight excluding hydrogens is 336 g/mol. The van der Waals surface area contributed by atoms with Crippen LogP contribution in [0.3, 0.4) is 0 Å². The van der Waals surface area contributed by atoms with Crippen LogP contribution < -0.4 is 10.6 Å². The van der Waals surface area contributed by atoms with Crippen LogP contribution in [0.1, 0.15) is 28.1 Å². The lowest BCUT2D eigenvalue weighted by Gasteiger charge is -2.13. The van der Waals surface area contributed by atoms with Crippen molar-refractivity contribution in [2.75, 3.05) is 13.2 Å². The van der Waals surface area contributed by atoms with Gasteiger partial charge in [-0.15, -0.1) is 11.3 Å². The number of carbonyl (C=O) groups excluding carboxylic acids is 2. The highest BCUT2D eigenvalue weighted by Crippen LogP contribution is 2.14. The molecule has 0 aliphatic carbocycles. The maximum absolute atomic E-state index is 12.5. The Morgan fingerprint density at radius 2 is 2.04 bits per heavy atom. The van der Waals surface area contributed by atoms with Crippen molar-refractivity contribution in [3.8, 4) is 0 Å². The maximum atomic E-state index is 12.5. The maximum Gasteiger partial charge on any atom is 0.267 e. The summed E-state index contributed by atoms with van der Waals surface area (Å²) in [5.74, 6) is -0.621. The number of hydrogen-bond acceptors (Lipinski definition) is 4. The molecule has 0 unspecified atom stereocenters. The molecule has 1 saturated heterocycles. The standard InChI is InChI=1S/C19H20N2O3S/c22-18(14-6-2-1-3-7-14)21-17(12-16-9-5-11-25-16)19(23)20-13-15-8-4-10-24-15/h1-3,5-7,9,11-12,15H,4,8,10,13H2,(H,20,23)(H,21,22)/b17-12+/t15-/m0/s1. The van der Waals surface area contributed by atoms with E-state index in [-0.39, 0.29) is 23.6 Å². The van der Waals surface area contributed by atoms with Gasteiger partial charge in [-0.3, -0.25) is 9.59 Å². The smallest absolute Gasteiger partial charge is 0.267 e. The molecule has 1 aliphatic heterocycles. The van der Waals surface area contributed by atoms with Crippen LogP contribution in [0.2, 0.25) is 0 Å². The van der Waals surface area contributed by atoms with E-state index in [0.717, 1.165) is 24.3 Å². The van der Waals surface area contributed by atoms with Gasteiger partial charge in [-0.05, 0) is 42.5 Å². The molecule has 2 N–H and O–H groups in total. The second-order valence-corrected chi connectivity index (χ2v) is 6.72. The molecule has 2 aromatic rings. The first kappa shape index (κ1) is 17.4. The van der Waals surface area contributed by atoms with E-state index in [1.165, 1.54) is 11.3 Å². The first-order chi connectivity index (χ1) is 12.2. The SMILES string of the molecule is O=C(NC[C@@H]1CCCO1)/C(=C\c1cccs1)NC(=O)c1ccccc1. The molecule has 1 aromatic heterocycles. The van der Waals surface area contributed by atoms with Gasteiger partial charge in [0.05, 0.1) is 6.10 Å². The summed E-state index contributed by atoms with van der Waals surface area (Å²) in [6.07, 6.45) is 3.71. The number of nitrogens with one attached hydrogen (secondary N) is 2. The predicted molar refractivity (Wildman–Crippen MR) is 98.2 cm³/mol. The summed E-state index contributed by atoms with van der Waals surface area (Å²) in [4.78, 5) is 25.8. The van der Waals surface area contributed by atoms with Crippen molar-refractivity contribution in [3.05, 3.63) is 64.0 Å². The largest absolute Gasteiger partial charge is 0.376 e. The van der Waals surface area contributed by atoms with Crippen molar-refractivity contribution < 1.29 is 14.3 Å². The highest BCUT2D eigenvalue weighted by Gasteiger charge is 2.19. The number of hydrogen-bond donors (Lipinski definition) is 2. The lowest BCUT2D eigenvalue weighted by molar-refractivity contribution is -0.118. The number of benzene rings is 1. The number of rotatable bonds is 6. The van der Waals surface area contributed by atoms with Gasteiger partial charge in [-0.1, -0.05) is 24.3 Å². The first-order valence-corrected chi connectivity index (χ1v) is 9.12. The van der Waals surface area contributed by atoms with Crippen LogP contribution in [0.15, 0.2) is 53.5 Å². The van der Waals surface area contributed by atoms with E-state index < -0.39 is 0 Å². The second kappa shape index (κ2) is 8.60. The Balaban J connectivity index is 1.70. The molecule has 25 heavy (non-hydrogen) atoms. The summed E-state index contributed by atoms with van der Waals surface area (Å²) in [5, 5.41) is 7.50. The number of amides is 2. The van der Waals surface area contributed by atoms with E-state index in [1.807, 2.05) is 23.6 Å². The Hall–Kier alpha value is -2.44. The van der Waals surface area contributed by atoms with Gasteiger partial charge in [0.1, 0.15) is 5.70 Å². The Morgan fingerprint density at radius 1 is 1.20 bits per heavy atom. The van der Waals surface area contributed by atoms with Crippen molar-refractivity contribution >= 4 is 29.2 Å². The quantitative estimate of drug-likeness (QED) is 0.782. The van der Waals surface area contributed by atoms with E-state index >= 15 is 0 Å². The highest BCUT2D eigenvalue weighted by molar-refractivity contribution is 7.10. The lowest BCUT2D eigenvalue weighted by atomic mass is 10.2. The third kappa shape index (κ3) is 5.01. The van der Waals surface area contributed by atoms with Gasteiger partial charge in [0.25, 0.3) is 11.8 Å². The summed E-state index contributed by atoms with van der Waals surface area (Å²) >= 11 is 1.50. The minimum Gasteiger partial charge on any atom is -0.376 e. The average Bonchev–Trinajstić information content (AvgIpc) is 3.33. The second-order valence-electron chi connectivity index (χ2n) is 5.74. The Morgan fingerprint density at radius 3 is 2.72 bits per heavy atom. The molecule has 1 aromatic carbocycles. The monoisotopic (exact) mass is 356 g/mol. The molecule has 1 aliphatic rings. The molecule has 2 amide bonds. The third-order valence-corrected chi connectivity index (χ3v) is 4.69. The van der Waals surface area contributed by atoms with Crippen LogP contribution in [-0.4, -0.2) is 31.1 Å². The van der Waals surface area contributed by atoms with Gasteiger partial charge in [-0.2, -0.15) is 0 Å². The Bertz CT molecular complexity index is 735. The summed E-state index contributed by atoms with van der Waals surface area (Å²) in [5.41, 5.74) is 0.737. The van der Waals surface area contributed by atoms with E-state index in [2.05, 4.69) is 10.6 Å². The average molecular weight is 356 g/mol. The molecule has 0 radical (unpaired) electrons. The predicted octanol–water partition coefficient (Wildman–Crippen LogP) is 2.81. The summed E-state index contributed by atoms with van der Waals surface area (Å²) in [7, 11) is 0. The van der Waals surface area contributed by atoms with Crippen molar-refractivity contribution in [2.45, 2.75) is 18.9 Å². The van der Waals surface area contributed by atoms with Gasteiger partial charge in [0.2, 0.25) is 0 Å². The molecular formula is C19H20N2O3S. The number of ether oxygens (including phenoxy) is 1. The molecule has 0 spiro atoms. The molecule has 5 nitrogen and oxygen atoms in total. The third-order valence-electron chi connectivity index (χ3n) is 3.87. The van der Waals surface area contributed by atoms with Crippen molar-refractivity contribution in [2.24, 2.45) is 0 Å². The first-order valence-electron chi connectivity index (χ1n) is 8.24. The minimum absolute atomic E-state index is 0.0526. The van der Waals surface area contributed by atoms with Crippen molar-refractivity contribution in [1.82, 2.24) is 10.6 Å². The van der Waals surface area contributed by atoms with Crippen LogP contribution in [0.25, 0.3) is 6.08 Å². The molecule has 0 bridgehead atoms. The van der Waals surface area contributed by atoms with Crippen molar-refractivity contribution in [1.29, 1.82) is 0 Å². The zero-order valence-corrected chi connectivity index (χ0v) is 14.6. The van der Waals surface area contributed by atoms with E-state index in [1.54, 1.807) is 30.3 Å². The summed E-state index contributed by atoms with van der Waals surface area (Å²) in [6.45, 7) is 1.19. The molecule has 1 atom stereocenters. The van der Waals surface area contributed by atoms with E-state index in [4.69, 9.17) is 4.74 Å². The fraction of sp³-hybridized carbons (Fsp3) is 0.263. The highest BCUT2D eigenvalue weighted by atomic mass is 32.1. The molecule has 6 heteroatoms. The zero-order valence-electron chi connectivity index (χ0n) is 13.7. The van der Waals surface area contributed by atoms with Crippen LogP contribution >= 0.6 is 11.3 Å². The van der Waals surface area contributed by atoms with Crippen LogP contribution in [-0.2, 0) is 9.53 Å². The van der Waals surface area contributed by atoms with Gasteiger partial charge < -0.3 is 15.4 Å². The Labute approximate surface area is 150 Å². The topological polar surface area (TPSA) is 67.4 Å². The van der Waals surface area contributed by atoms with E-state index in [9.17, 15) is 9.59 Å². The van der Waals surface area contributed by atoms with Crippen LogP contribution in [0.4, 0.5) is 0 Å². The molecule has 3 rings (SSSR count). The molecule has 130 valence electrons. The summed E-state index contributed by atoms with van der Waals surface area (Å²) < 4.78 is 5.52. The lowest BCUT2D eigenvalue weighted by Crippen LogP contribution is -2.38. The zero-order chi connectivity index (χ0) is 17.5. The van der Waals surface area contributed by atoms with Gasteiger partial charge >= 0.3 is 0 Å². The molecule has 0 saturated carbocycles. The molecule has 1 fully saturated rings. The van der Waals surface area contributed by atoms with Gasteiger partial charge in [-0.25, -0.2) is 0 Å². The van der Waals surface area contributed by atoms with Crippen LogP contribution in [0.5, 0.6) is 0 Å². The minimum atomic E-state index is -0.312. The van der Waals surface area contributed by atoms with E-state index in [0.29, 0.717) is 12.1 Å². The Kier molecular flexibility index (Phi) is 5.98. The molecule has 2 heterocycles. The fourth-order valence-electron chi connectivity index (χ4n) is 2.57. The fourth-order valence-corrected chi connectivity index (χ4v) is 3.22. The van der Waals surface area contributed by atoms with Gasteiger partial charge in [0.15, 0.2) is 0 Å².